The van der Waals surface area contributed by atoms with Crippen LogP contribution in [0.15, 0.2) is 73.3 Å². The topological polar surface area (TPSA) is 55.3 Å². The van der Waals surface area contributed by atoms with E-state index in [0.29, 0.717) is 12.8 Å². The molecule has 156 valence electrons. The number of rotatable bonds is 10. The fourth-order valence-electron chi connectivity index (χ4n) is 3.28. The van der Waals surface area contributed by atoms with Crippen molar-refractivity contribution in [3.8, 4) is 5.75 Å². The molecule has 5 heteroatoms. The zero-order valence-electron chi connectivity index (χ0n) is 17.7. The van der Waals surface area contributed by atoms with Crippen LogP contribution < -0.4 is 4.74 Å². The average Bonchev–Trinajstić information content (AvgIpc) is 2.80. The number of benzene rings is 1. The smallest absolute Gasteiger partial charge is 0.222 e. The molecule has 0 saturated carbocycles. The molecular formula is C25H29N3O2. The van der Waals surface area contributed by atoms with E-state index in [4.69, 9.17) is 4.74 Å². The molecule has 0 aliphatic rings. The van der Waals surface area contributed by atoms with Crippen molar-refractivity contribution in [1.29, 1.82) is 0 Å². The summed E-state index contributed by atoms with van der Waals surface area (Å²) in [6.07, 6.45) is 10.1. The van der Waals surface area contributed by atoms with Crippen molar-refractivity contribution in [2.45, 2.75) is 38.7 Å². The average molecular weight is 404 g/mol. The van der Waals surface area contributed by atoms with Gasteiger partial charge in [0.15, 0.2) is 0 Å². The largest absolute Gasteiger partial charge is 0.481 e. The first-order chi connectivity index (χ1) is 14.7. The molecule has 5 nitrogen and oxygen atoms in total. The first-order valence-electron chi connectivity index (χ1n) is 10.5. The van der Waals surface area contributed by atoms with Crippen molar-refractivity contribution in [3.05, 3.63) is 90.0 Å². The number of hydrogen-bond acceptors (Lipinski definition) is 4. The Morgan fingerprint density at radius 3 is 2.23 bits per heavy atom. The van der Waals surface area contributed by atoms with Crippen molar-refractivity contribution in [1.82, 2.24) is 14.9 Å². The van der Waals surface area contributed by atoms with Crippen LogP contribution in [0.2, 0.25) is 0 Å². The van der Waals surface area contributed by atoms with Crippen LogP contribution in [0.25, 0.3) is 0 Å². The SMILES string of the molecule is CCCCN(C)C(=O)CCc1cccc(OC(c2ccncc2)c2ccncc2)c1. The minimum absolute atomic E-state index is 0.182. The summed E-state index contributed by atoms with van der Waals surface area (Å²) in [7, 11) is 1.88. The summed E-state index contributed by atoms with van der Waals surface area (Å²) in [5.74, 6) is 0.958. The number of unbranched alkanes of at least 4 members (excludes halogenated alkanes) is 1. The third kappa shape index (κ3) is 6.14. The van der Waals surface area contributed by atoms with Gasteiger partial charge in [0.2, 0.25) is 5.91 Å². The Morgan fingerprint density at radius 2 is 1.63 bits per heavy atom. The monoisotopic (exact) mass is 403 g/mol. The van der Waals surface area contributed by atoms with E-state index in [1.54, 1.807) is 24.8 Å². The van der Waals surface area contributed by atoms with Gasteiger partial charge >= 0.3 is 0 Å². The maximum Gasteiger partial charge on any atom is 0.222 e. The maximum absolute atomic E-state index is 12.3. The third-order valence-electron chi connectivity index (χ3n) is 5.07. The van der Waals surface area contributed by atoms with Gasteiger partial charge in [-0.15, -0.1) is 0 Å². The molecule has 0 spiro atoms. The van der Waals surface area contributed by atoms with Gasteiger partial charge in [-0.2, -0.15) is 0 Å². The van der Waals surface area contributed by atoms with Crippen molar-refractivity contribution in [2.24, 2.45) is 0 Å². The molecule has 0 unspecified atom stereocenters. The highest BCUT2D eigenvalue weighted by atomic mass is 16.5. The summed E-state index contributed by atoms with van der Waals surface area (Å²) in [6, 6.07) is 15.8. The van der Waals surface area contributed by atoms with Gasteiger partial charge < -0.3 is 9.64 Å². The van der Waals surface area contributed by atoms with E-state index in [9.17, 15) is 4.79 Å². The third-order valence-corrected chi connectivity index (χ3v) is 5.07. The molecule has 1 amide bonds. The number of amides is 1. The van der Waals surface area contributed by atoms with E-state index in [1.165, 1.54) is 0 Å². The highest BCUT2D eigenvalue weighted by molar-refractivity contribution is 5.76. The molecule has 30 heavy (non-hydrogen) atoms. The lowest BCUT2D eigenvalue weighted by Gasteiger charge is -2.20. The predicted octanol–water partition coefficient (Wildman–Crippen LogP) is 4.84. The summed E-state index contributed by atoms with van der Waals surface area (Å²) in [6.45, 7) is 2.95. The molecule has 2 aromatic heterocycles. The van der Waals surface area contributed by atoms with Gasteiger partial charge in [0.1, 0.15) is 11.9 Å². The highest BCUT2D eigenvalue weighted by Crippen LogP contribution is 2.28. The Morgan fingerprint density at radius 1 is 1.00 bits per heavy atom. The van der Waals surface area contributed by atoms with Crippen molar-refractivity contribution in [2.75, 3.05) is 13.6 Å². The molecule has 0 aliphatic heterocycles. The molecule has 2 heterocycles. The van der Waals surface area contributed by atoms with Gasteiger partial charge in [-0.1, -0.05) is 25.5 Å². The predicted molar refractivity (Wildman–Crippen MR) is 118 cm³/mol. The second kappa shape index (κ2) is 11.1. The van der Waals surface area contributed by atoms with Crippen LogP contribution in [0.5, 0.6) is 5.75 Å². The maximum atomic E-state index is 12.3. The van der Waals surface area contributed by atoms with Crippen molar-refractivity contribution in [3.63, 3.8) is 0 Å². The Labute approximate surface area is 178 Å². The van der Waals surface area contributed by atoms with Gasteiger partial charge in [0.05, 0.1) is 0 Å². The normalized spacial score (nSPS) is 10.8. The molecule has 0 fully saturated rings. The van der Waals surface area contributed by atoms with Crippen LogP contribution in [0.4, 0.5) is 0 Å². The number of ether oxygens (including phenoxy) is 1. The molecule has 0 N–H and O–H groups in total. The summed E-state index contributed by atoms with van der Waals surface area (Å²) in [5, 5.41) is 0. The molecule has 3 rings (SSSR count). The fourth-order valence-corrected chi connectivity index (χ4v) is 3.28. The Kier molecular flexibility index (Phi) is 7.95. The number of hydrogen-bond donors (Lipinski definition) is 0. The lowest BCUT2D eigenvalue weighted by molar-refractivity contribution is -0.129. The summed E-state index contributed by atoms with van der Waals surface area (Å²) < 4.78 is 6.38. The summed E-state index contributed by atoms with van der Waals surface area (Å²) in [4.78, 5) is 22.4. The highest BCUT2D eigenvalue weighted by Gasteiger charge is 2.16. The lowest BCUT2D eigenvalue weighted by atomic mass is 10.0. The molecule has 3 aromatic rings. The molecule has 0 aliphatic carbocycles. The van der Waals surface area contributed by atoms with Gasteiger partial charge in [0, 0.05) is 44.8 Å². The first kappa shape index (κ1) is 21.5. The van der Waals surface area contributed by atoms with E-state index < -0.39 is 0 Å². The fraction of sp³-hybridized carbons (Fsp3) is 0.320. The number of pyridine rings is 2. The molecule has 0 atom stereocenters. The number of aryl methyl sites for hydroxylation is 1. The van der Waals surface area contributed by atoms with Gasteiger partial charge in [-0.25, -0.2) is 0 Å². The Balaban J connectivity index is 1.70. The van der Waals surface area contributed by atoms with Gasteiger partial charge in [-0.05, 0) is 65.9 Å². The summed E-state index contributed by atoms with van der Waals surface area (Å²) in [5.41, 5.74) is 3.14. The molecule has 0 bridgehead atoms. The number of aromatic nitrogens is 2. The minimum atomic E-state index is -0.256. The quantitative estimate of drug-likeness (QED) is 0.486. The number of nitrogens with zero attached hydrogens (tertiary/aromatic N) is 3. The minimum Gasteiger partial charge on any atom is -0.481 e. The second-order valence-electron chi connectivity index (χ2n) is 7.38. The van der Waals surface area contributed by atoms with Gasteiger partial charge in [-0.3, -0.25) is 14.8 Å². The van der Waals surface area contributed by atoms with Crippen LogP contribution in [0.1, 0.15) is 49.0 Å². The number of carbonyl (C=O) groups excluding carboxylic acids is 1. The van der Waals surface area contributed by atoms with Crippen LogP contribution in [0, 0.1) is 0 Å². The zero-order valence-corrected chi connectivity index (χ0v) is 17.7. The van der Waals surface area contributed by atoms with E-state index in [2.05, 4.69) is 16.9 Å². The Hall–Kier alpha value is -3.21. The van der Waals surface area contributed by atoms with Crippen LogP contribution >= 0.6 is 0 Å². The first-order valence-corrected chi connectivity index (χ1v) is 10.5. The summed E-state index contributed by atoms with van der Waals surface area (Å²) >= 11 is 0. The Bertz CT molecular complexity index is 876. The van der Waals surface area contributed by atoms with Crippen molar-refractivity contribution >= 4 is 5.91 Å². The molecular weight excluding hydrogens is 374 g/mol. The van der Waals surface area contributed by atoms with Crippen LogP contribution in [-0.2, 0) is 11.2 Å². The van der Waals surface area contributed by atoms with E-state index in [-0.39, 0.29) is 12.0 Å². The molecule has 1 aromatic carbocycles. The molecule has 0 radical (unpaired) electrons. The van der Waals surface area contributed by atoms with E-state index >= 15 is 0 Å². The molecule has 0 saturated heterocycles. The van der Waals surface area contributed by atoms with E-state index in [0.717, 1.165) is 41.8 Å². The standard InChI is InChI=1S/C25H29N3O2/c1-3-4-18-28(2)24(29)9-8-20-6-5-7-23(19-20)30-25(21-10-14-26-15-11-21)22-12-16-27-17-13-22/h5-7,10-17,19,25H,3-4,8-9,18H2,1-2H3. The van der Waals surface area contributed by atoms with Crippen molar-refractivity contribution < 1.29 is 9.53 Å². The van der Waals surface area contributed by atoms with E-state index in [1.807, 2.05) is 60.5 Å². The van der Waals surface area contributed by atoms with Crippen LogP contribution in [-0.4, -0.2) is 34.4 Å². The van der Waals surface area contributed by atoms with Gasteiger partial charge in [0.25, 0.3) is 0 Å². The van der Waals surface area contributed by atoms with Crippen LogP contribution in [0.3, 0.4) is 0 Å². The zero-order chi connectivity index (χ0) is 21.2. The second-order valence-corrected chi connectivity index (χ2v) is 7.38. The number of carbonyl (C=O) groups is 1. The lowest BCUT2D eigenvalue weighted by Crippen LogP contribution is -2.27.